The highest BCUT2D eigenvalue weighted by atomic mass is 16.5. The number of benzene rings is 4. The Morgan fingerprint density at radius 2 is 1.14 bits per heavy atom. The number of carboxylic acid groups (broad SMARTS) is 1. The van der Waals surface area contributed by atoms with E-state index < -0.39 is 11.9 Å². The molecule has 4 aromatic rings. The van der Waals surface area contributed by atoms with Gasteiger partial charge in [-0.1, -0.05) is 128 Å². The molecule has 4 aromatic carbocycles. The fourth-order valence-corrected chi connectivity index (χ4v) is 3.22. The highest BCUT2D eigenvalue weighted by molar-refractivity contribution is 5.87. The third kappa shape index (κ3) is 9.27. The second-order valence-corrected chi connectivity index (χ2v) is 7.57. The molecule has 0 radical (unpaired) electrons. The van der Waals surface area contributed by atoms with Crippen LogP contribution in [0.2, 0.25) is 0 Å². The number of carboxylic acids is 1. The van der Waals surface area contributed by atoms with E-state index in [9.17, 15) is 9.59 Å². The van der Waals surface area contributed by atoms with Gasteiger partial charge in [0.1, 0.15) is 0 Å². The van der Waals surface area contributed by atoms with E-state index in [1.807, 2.05) is 66.7 Å². The lowest BCUT2D eigenvalue weighted by Gasteiger charge is -2.09. The lowest BCUT2D eigenvalue weighted by molar-refractivity contribution is -0.135. The van der Waals surface area contributed by atoms with Gasteiger partial charge in [-0.3, -0.25) is 0 Å². The minimum Gasteiger partial charge on any atom is -0.478 e. The average Bonchev–Trinajstić information content (AvgIpc) is 2.95. The van der Waals surface area contributed by atoms with Crippen LogP contribution in [0, 0.1) is 0 Å². The van der Waals surface area contributed by atoms with Crippen LogP contribution < -0.4 is 0 Å². The summed E-state index contributed by atoms with van der Waals surface area (Å²) < 4.78 is 4.14. The Morgan fingerprint density at radius 1 is 0.722 bits per heavy atom. The average molecular weight is 479 g/mol. The van der Waals surface area contributed by atoms with Crippen LogP contribution in [0.3, 0.4) is 0 Å². The number of rotatable bonds is 6. The molecule has 1 N–H and O–H groups in total. The summed E-state index contributed by atoms with van der Waals surface area (Å²) in [7, 11) is 1.31. The molecule has 0 aromatic heterocycles. The van der Waals surface area contributed by atoms with Crippen LogP contribution in [0.25, 0.3) is 22.3 Å². The van der Waals surface area contributed by atoms with Gasteiger partial charge in [-0.2, -0.15) is 0 Å². The van der Waals surface area contributed by atoms with Gasteiger partial charge in [-0.25, -0.2) is 9.59 Å². The molecule has 0 saturated heterocycles. The maximum atomic E-state index is 10.9. The summed E-state index contributed by atoms with van der Waals surface area (Å²) in [6.07, 6.45) is 1.47. The number of aliphatic carboxylic acids is 1. The predicted octanol–water partition coefficient (Wildman–Crippen LogP) is 7.24. The Kier molecular flexibility index (Phi) is 11.7. The lowest BCUT2D eigenvalue weighted by atomic mass is 9.95. The van der Waals surface area contributed by atoms with Crippen LogP contribution >= 0.6 is 0 Å². The first kappa shape index (κ1) is 27.5. The first-order valence-corrected chi connectivity index (χ1v) is 11.3. The van der Waals surface area contributed by atoms with Crippen LogP contribution in [0.4, 0.5) is 0 Å². The summed E-state index contributed by atoms with van der Waals surface area (Å²) >= 11 is 0. The minimum atomic E-state index is -0.946. The van der Waals surface area contributed by atoms with Gasteiger partial charge in [-0.15, -0.1) is 0 Å². The SMILES string of the molecule is C=C(Cc1ccccc1-c1ccccc1)C(=O)O.C=CC(=O)OC.c1ccc(-c2ccccc2)cc1. The van der Waals surface area contributed by atoms with E-state index in [-0.39, 0.29) is 5.57 Å². The Morgan fingerprint density at radius 3 is 1.53 bits per heavy atom. The van der Waals surface area contributed by atoms with Crippen molar-refractivity contribution >= 4 is 11.9 Å². The zero-order valence-corrected chi connectivity index (χ0v) is 20.3. The van der Waals surface area contributed by atoms with Gasteiger partial charge in [-0.05, 0) is 27.8 Å². The van der Waals surface area contributed by atoms with Crippen molar-refractivity contribution in [1.29, 1.82) is 0 Å². The van der Waals surface area contributed by atoms with E-state index in [1.165, 1.54) is 18.2 Å². The third-order valence-electron chi connectivity index (χ3n) is 5.06. The Hall–Kier alpha value is -4.70. The molecule has 182 valence electrons. The van der Waals surface area contributed by atoms with Crippen molar-refractivity contribution in [2.45, 2.75) is 6.42 Å². The number of esters is 1. The molecular weight excluding hydrogens is 448 g/mol. The van der Waals surface area contributed by atoms with Gasteiger partial charge < -0.3 is 9.84 Å². The normalized spacial score (nSPS) is 9.36. The van der Waals surface area contributed by atoms with E-state index >= 15 is 0 Å². The molecule has 0 fully saturated rings. The highest BCUT2D eigenvalue weighted by Crippen LogP contribution is 2.25. The van der Waals surface area contributed by atoms with Crippen molar-refractivity contribution in [3.8, 4) is 22.3 Å². The van der Waals surface area contributed by atoms with Crippen LogP contribution in [0.5, 0.6) is 0 Å². The smallest absolute Gasteiger partial charge is 0.331 e. The summed E-state index contributed by atoms with van der Waals surface area (Å²) in [5.74, 6) is -1.34. The van der Waals surface area contributed by atoms with E-state index in [0.717, 1.165) is 22.8 Å². The zero-order valence-electron chi connectivity index (χ0n) is 20.3. The lowest BCUT2D eigenvalue weighted by Crippen LogP contribution is -2.03. The zero-order chi connectivity index (χ0) is 26.2. The molecule has 4 heteroatoms. The quantitative estimate of drug-likeness (QED) is 0.234. The first-order chi connectivity index (χ1) is 17.5. The molecule has 36 heavy (non-hydrogen) atoms. The summed E-state index contributed by atoms with van der Waals surface area (Å²) in [5, 5.41) is 8.91. The molecule has 0 heterocycles. The second-order valence-electron chi connectivity index (χ2n) is 7.57. The molecule has 0 amide bonds. The number of hydrogen-bond acceptors (Lipinski definition) is 3. The molecule has 0 aliphatic heterocycles. The van der Waals surface area contributed by atoms with Crippen molar-refractivity contribution < 1.29 is 19.4 Å². The minimum absolute atomic E-state index is 0.207. The summed E-state index contributed by atoms with van der Waals surface area (Å²) in [4.78, 5) is 20.7. The van der Waals surface area contributed by atoms with Crippen molar-refractivity contribution in [3.05, 3.63) is 146 Å². The van der Waals surface area contributed by atoms with Gasteiger partial charge in [0.05, 0.1) is 7.11 Å². The van der Waals surface area contributed by atoms with E-state index in [2.05, 4.69) is 66.4 Å². The summed E-state index contributed by atoms with van der Waals surface area (Å²) in [6, 6.07) is 38.5. The number of ether oxygens (including phenoxy) is 1. The summed E-state index contributed by atoms with van der Waals surface area (Å²) in [6.45, 7) is 6.74. The van der Waals surface area contributed by atoms with Gasteiger partial charge in [0.25, 0.3) is 0 Å². The van der Waals surface area contributed by atoms with Crippen LogP contribution in [-0.2, 0) is 20.7 Å². The monoisotopic (exact) mass is 478 g/mol. The molecule has 0 bridgehead atoms. The molecule has 0 aliphatic rings. The third-order valence-corrected chi connectivity index (χ3v) is 5.06. The molecule has 4 rings (SSSR count). The number of carbonyl (C=O) groups excluding carboxylic acids is 1. The molecular formula is C32H30O4. The predicted molar refractivity (Wildman–Crippen MR) is 146 cm³/mol. The number of carbonyl (C=O) groups is 2. The van der Waals surface area contributed by atoms with Gasteiger partial charge >= 0.3 is 11.9 Å². The molecule has 0 spiro atoms. The number of hydrogen-bond donors (Lipinski definition) is 1. The maximum Gasteiger partial charge on any atom is 0.331 e. The van der Waals surface area contributed by atoms with E-state index in [0.29, 0.717) is 6.42 Å². The fraction of sp³-hybridized carbons (Fsp3) is 0.0625. The molecule has 0 atom stereocenters. The van der Waals surface area contributed by atoms with Gasteiger partial charge in [0.15, 0.2) is 0 Å². The van der Waals surface area contributed by atoms with Gasteiger partial charge in [0, 0.05) is 18.1 Å². The van der Waals surface area contributed by atoms with Crippen LogP contribution in [0.1, 0.15) is 5.56 Å². The van der Waals surface area contributed by atoms with Crippen molar-refractivity contribution in [1.82, 2.24) is 0 Å². The Labute approximate surface area is 212 Å². The standard InChI is InChI=1S/C16H14O2.C12H10.C4H6O2/c1-12(16(17)18)11-14-9-5-6-10-15(14)13-7-3-2-4-8-13;1-3-7-11(8-4-1)12-9-5-2-6-10-12;1-3-4(5)6-2/h2-10H,1,11H2,(H,17,18);1-10H;3H,1H2,2H3. The molecule has 0 unspecified atom stereocenters. The first-order valence-electron chi connectivity index (χ1n) is 11.3. The van der Waals surface area contributed by atoms with Crippen molar-refractivity contribution in [2.75, 3.05) is 7.11 Å². The fourth-order valence-electron chi connectivity index (χ4n) is 3.22. The highest BCUT2D eigenvalue weighted by Gasteiger charge is 2.09. The van der Waals surface area contributed by atoms with Crippen molar-refractivity contribution in [2.24, 2.45) is 0 Å². The van der Waals surface area contributed by atoms with E-state index in [4.69, 9.17) is 5.11 Å². The largest absolute Gasteiger partial charge is 0.478 e. The molecule has 0 aliphatic carbocycles. The number of methoxy groups -OCH3 is 1. The molecule has 0 saturated carbocycles. The Balaban J connectivity index is 0.000000218. The topological polar surface area (TPSA) is 63.6 Å². The van der Waals surface area contributed by atoms with Crippen LogP contribution in [0.15, 0.2) is 140 Å². The maximum absolute atomic E-state index is 10.9. The second kappa shape index (κ2) is 15.3. The van der Waals surface area contributed by atoms with Crippen molar-refractivity contribution in [3.63, 3.8) is 0 Å². The Bertz CT molecular complexity index is 1210. The van der Waals surface area contributed by atoms with Gasteiger partial charge in [0.2, 0.25) is 0 Å². The van der Waals surface area contributed by atoms with E-state index in [1.54, 1.807) is 0 Å². The molecule has 4 nitrogen and oxygen atoms in total. The van der Waals surface area contributed by atoms with Crippen LogP contribution in [-0.4, -0.2) is 24.2 Å². The summed E-state index contributed by atoms with van der Waals surface area (Å²) in [5.41, 5.74) is 5.89.